The number of amides is 1. The van der Waals surface area contributed by atoms with Gasteiger partial charge in [0.1, 0.15) is 6.04 Å². The maximum atomic E-state index is 12.9. The molecule has 0 unspecified atom stereocenters. The Balaban J connectivity index is 1.87. The topological polar surface area (TPSA) is 41.1 Å². The molecular weight excluding hydrogens is 449 g/mol. The van der Waals surface area contributed by atoms with Gasteiger partial charge in [-0.05, 0) is 60.2 Å². The number of carbonyl (C=O) groups is 1. The van der Waals surface area contributed by atoms with E-state index >= 15 is 0 Å². The molecule has 2 atom stereocenters. The minimum atomic E-state index is -4.36. The molecule has 174 valence electrons. The zero-order chi connectivity index (χ0) is 24.0. The third-order valence-electron chi connectivity index (χ3n) is 5.61. The van der Waals surface area contributed by atoms with Crippen LogP contribution in [0.5, 0.6) is 0 Å². The number of alkyl halides is 3. The minimum Gasteiger partial charge on any atom is -0.358 e. The Morgan fingerprint density at radius 2 is 1.64 bits per heavy atom. The van der Waals surface area contributed by atoms with Crippen LogP contribution in [-0.4, -0.2) is 13.0 Å². The number of hydrogen-bond donors (Lipinski definition) is 2. The van der Waals surface area contributed by atoms with Crippen LogP contribution in [0.3, 0.4) is 0 Å². The van der Waals surface area contributed by atoms with E-state index in [0.717, 1.165) is 34.4 Å². The van der Waals surface area contributed by atoms with Gasteiger partial charge in [0.2, 0.25) is 5.91 Å². The van der Waals surface area contributed by atoms with Crippen molar-refractivity contribution in [3.8, 4) is 0 Å². The molecule has 0 aliphatic rings. The van der Waals surface area contributed by atoms with E-state index in [1.807, 2.05) is 55.5 Å². The second kappa shape index (κ2) is 10.9. The summed E-state index contributed by atoms with van der Waals surface area (Å²) in [5, 5.41) is 6.76. The predicted octanol–water partition coefficient (Wildman–Crippen LogP) is 6.42. The van der Waals surface area contributed by atoms with Gasteiger partial charge in [0.15, 0.2) is 0 Å². The van der Waals surface area contributed by atoms with E-state index in [1.54, 1.807) is 7.05 Å². The molecule has 0 saturated heterocycles. The summed E-state index contributed by atoms with van der Waals surface area (Å²) in [6.45, 7) is 1.91. The van der Waals surface area contributed by atoms with E-state index < -0.39 is 17.8 Å². The summed E-state index contributed by atoms with van der Waals surface area (Å²) >= 11 is 6.36. The highest BCUT2D eigenvalue weighted by atomic mass is 35.5. The van der Waals surface area contributed by atoms with Gasteiger partial charge in [0.05, 0.1) is 5.56 Å². The van der Waals surface area contributed by atoms with Crippen LogP contribution in [0, 0.1) is 6.92 Å². The average Bonchev–Trinajstić information content (AvgIpc) is 2.81. The second-order valence-corrected chi connectivity index (χ2v) is 8.33. The van der Waals surface area contributed by atoms with Gasteiger partial charge in [-0.15, -0.1) is 0 Å². The number of nitrogens with one attached hydrogen (secondary N) is 2. The molecule has 0 aliphatic heterocycles. The van der Waals surface area contributed by atoms with Crippen molar-refractivity contribution in [2.45, 2.75) is 38.0 Å². The summed E-state index contributed by atoms with van der Waals surface area (Å²) in [5.74, 6) is -0.182. The van der Waals surface area contributed by atoms with Crippen LogP contribution in [0.25, 0.3) is 0 Å². The number of halogens is 4. The Morgan fingerprint density at radius 3 is 2.21 bits per heavy atom. The SMILES string of the molecule is CNC(=O)[C@@H](N[C@H](CCc1ccc(C(F)(F)F)cc1)c1ccc(C)c(Cl)c1)c1ccccc1. The largest absolute Gasteiger partial charge is 0.416 e. The lowest BCUT2D eigenvalue weighted by molar-refractivity contribution is -0.137. The smallest absolute Gasteiger partial charge is 0.358 e. The summed E-state index contributed by atoms with van der Waals surface area (Å²) in [7, 11) is 1.58. The molecule has 2 N–H and O–H groups in total. The number of rotatable bonds is 8. The number of aryl methyl sites for hydroxylation is 2. The Morgan fingerprint density at radius 1 is 0.970 bits per heavy atom. The molecule has 3 aromatic carbocycles. The summed E-state index contributed by atoms with van der Waals surface area (Å²) in [4.78, 5) is 12.7. The van der Waals surface area contributed by atoms with Crippen LogP contribution in [-0.2, 0) is 17.4 Å². The Hall–Kier alpha value is -2.83. The van der Waals surface area contributed by atoms with Gasteiger partial charge in [-0.1, -0.05) is 66.2 Å². The van der Waals surface area contributed by atoms with Crippen molar-refractivity contribution in [3.63, 3.8) is 0 Å². The molecule has 0 heterocycles. The Kier molecular flexibility index (Phi) is 8.16. The second-order valence-electron chi connectivity index (χ2n) is 7.92. The molecule has 0 aromatic heterocycles. The lowest BCUT2D eigenvalue weighted by Crippen LogP contribution is -2.38. The van der Waals surface area contributed by atoms with Crippen molar-refractivity contribution >= 4 is 17.5 Å². The van der Waals surface area contributed by atoms with E-state index in [4.69, 9.17) is 11.6 Å². The van der Waals surface area contributed by atoms with Crippen LogP contribution < -0.4 is 10.6 Å². The summed E-state index contributed by atoms with van der Waals surface area (Å²) in [5.41, 5.74) is 2.77. The third-order valence-corrected chi connectivity index (χ3v) is 6.02. The van der Waals surface area contributed by atoms with Crippen molar-refractivity contribution in [1.82, 2.24) is 10.6 Å². The molecule has 1 amide bonds. The molecular formula is C26H26ClF3N2O. The van der Waals surface area contributed by atoms with Crippen molar-refractivity contribution in [3.05, 3.63) is 106 Å². The zero-order valence-electron chi connectivity index (χ0n) is 18.4. The quantitative estimate of drug-likeness (QED) is 0.395. The maximum Gasteiger partial charge on any atom is 0.416 e. The first-order valence-corrected chi connectivity index (χ1v) is 11.0. The fourth-order valence-corrected chi connectivity index (χ4v) is 3.85. The van der Waals surface area contributed by atoms with Crippen molar-refractivity contribution in [2.24, 2.45) is 0 Å². The van der Waals surface area contributed by atoms with Gasteiger partial charge in [-0.25, -0.2) is 0 Å². The Bertz CT molecular complexity index is 1070. The highest BCUT2D eigenvalue weighted by Crippen LogP contribution is 2.31. The van der Waals surface area contributed by atoms with Gasteiger partial charge in [0, 0.05) is 18.1 Å². The molecule has 3 nitrogen and oxygen atoms in total. The molecule has 0 spiro atoms. The highest BCUT2D eigenvalue weighted by molar-refractivity contribution is 6.31. The van der Waals surface area contributed by atoms with Crippen molar-refractivity contribution < 1.29 is 18.0 Å². The average molecular weight is 475 g/mol. The first kappa shape index (κ1) is 24.8. The number of hydrogen-bond acceptors (Lipinski definition) is 2. The van der Waals surface area contributed by atoms with E-state index in [9.17, 15) is 18.0 Å². The monoisotopic (exact) mass is 474 g/mol. The molecule has 3 rings (SSSR count). The maximum absolute atomic E-state index is 12.9. The van der Waals surface area contributed by atoms with Crippen LogP contribution in [0.15, 0.2) is 72.8 Å². The van der Waals surface area contributed by atoms with E-state index in [0.29, 0.717) is 17.9 Å². The van der Waals surface area contributed by atoms with Gasteiger partial charge in [-0.3, -0.25) is 10.1 Å². The lowest BCUT2D eigenvalue weighted by atomic mass is 9.95. The molecule has 0 fully saturated rings. The number of benzene rings is 3. The van der Waals surface area contributed by atoms with Crippen molar-refractivity contribution in [1.29, 1.82) is 0 Å². The van der Waals surface area contributed by atoms with Crippen LogP contribution in [0.4, 0.5) is 13.2 Å². The first-order chi connectivity index (χ1) is 15.7. The fourth-order valence-electron chi connectivity index (χ4n) is 3.66. The van der Waals surface area contributed by atoms with Crippen LogP contribution in [0.2, 0.25) is 5.02 Å². The van der Waals surface area contributed by atoms with Gasteiger partial charge in [-0.2, -0.15) is 13.2 Å². The van der Waals surface area contributed by atoms with E-state index in [2.05, 4.69) is 10.6 Å². The van der Waals surface area contributed by atoms with Gasteiger partial charge >= 0.3 is 6.18 Å². The van der Waals surface area contributed by atoms with E-state index in [1.165, 1.54) is 12.1 Å². The molecule has 0 saturated carbocycles. The predicted molar refractivity (Wildman–Crippen MR) is 125 cm³/mol. The molecule has 0 radical (unpaired) electrons. The Labute approximate surface area is 197 Å². The molecule has 3 aromatic rings. The standard InChI is InChI=1S/C26H26ClF3N2O/c1-17-8-12-20(16-22(17)27)23(15-11-18-9-13-21(14-10-18)26(28,29)30)32-24(25(33)31-2)19-6-4-3-5-7-19/h3-10,12-14,16,23-24,32H,11,15H2,1-2H3,(H,31,33)/t23-,24+/m1/s1. The number of likely N-dealkylation sites (N-methyl/N-ethyl adjacent to an activating group) is 1. The molecule has 0 bridgehead atoms. The third kappa shape index (κ3) is 6.59. The summed E-state index contributed by atoms with van der Waals surface area (Å²) in [6.07, 6.45) is -3.28. The van der Waals surface area contributed by atoms with Gasteiger partial charge < -0.3 is 5.32 Å². The van der Waals surface area contributed by atoms with Crippen molar-refractivity contribution in [2.75, 3.05) is 7.05 Å². The molecule has 0 aliphatic carbocycles. The number of carbonyl (C=O) groups excluding carboxylic acids is 1. The zero-order valence-corrected chi connectivity index (χ0v) is 19.2. The molecule has 7 heteroatoms. The highest BCUT2D eigenvalue weighted by Gasteiger charge is 2.30. The fraction of sp³-hybridized carbons (Fsp3) is 0.269. The van der Waals surface area contributed by atoms with E-state index in [-0.39, 0.29) is 11.9 Å². The normalized spacial score (nSPS) is 13.4. The summed E-state index contributed by atoms with van der Waals surface area (Å²) < 4.78 is 38.6. The minimum absolute atomic E-state index is 0.182. The lowest BCUT2D eigenvalue weighted by Gasteiger charge is -2.26. The van der Waals surface area contributed by atoms with Gasteiger partial charge in [0.25, 0.3) is 0 Å². The summed E-state index contributed by atoms with van der Waals surface area (Å²) in [6, 6.07) is 19.4. The van der Waals surface area contributed by atoms with Crippen LogP contribution in [0.1, 0.15) is 46.3 Å². The van der Waals surface area contributed by atoms with Crippen LogP contribution >= 0.6 is 11.6 Å². The first-order valence-electron chi connectivity index (χ1n) is 10.6. The molecule has 33 heavy (non-hydrogen) atoms.